The van der Waals surface area contributed by atoms with E-state index >= 15 is 0 Å². The van der Waals surface area contributed by atoms with Crippen molar-refractivity contribution >= 4 is 23.8 Å². The molecule has 2 aliphatic rings. The van der Waals surface area contributed by atoms with Gasteiger partial charge < -0.3 is 15.0 Å². The van der Waals surface area contributed by atoms with Crippen molar-refractivity contribution in [2.75, 3.05) is 0 Å². The predicted octanol–water partition coefficient (Wildman–Crippen LogP) is 1.34. The summed E-state index contributed by atoms with van der Waals surface area (Å²) in [6, 6.07) is 4.55. The Labute approximate surface area is 168 Å². The SMILES string of the molecule is CC(C)(C)OC(=O)NCc1cc(C#N)c2c(c1)C(=O)N(C1CCC(=O)NC1=O)C2. The Hall–Kier alpha value is -3.41. The molecule has 2 aliphatic heterocycles. The first-order valence-electron chi connectivity index (χ1n) is 9.26. The Bertz CT molecular complexity index is 941. The molecule has 0 radical (unpaired) electrons. The highest BCUT2D eigenvalue weighted by atomic mass is 16.6. The topological polar surface area (TPSA) is 129 Å². The van der Waals surface area contributed by atoms with Crippen LogP contribution in [0.4, 0.5) is 4.79 Å². The molecule has 0 aromatic heterocycles. The van der Waals surface area contributed by atoms with Crippen LogP contribution in [0, 0.1) is 11.3 Å². The number of carbonyl (C=O) groups is 4. The number of nitrogens with zero attached hydrogens (tertiary/aromatic N) is 2. The second-order valence-electron chi connectivity index (χ2n) is 8.04. The molecule has 1 fully saturated rings. The second kappa shape index (κ2) is 7.54. The van der Waals surface area contributed by atoms with Crippen LogP contribution in [-0.2, 0) is 27.4 Å². The quantitative estimate of drug-likeness (QED) is 0.740. The van der Waals surface area contributed by atoms with Crippen LogP contribution in [0.25, 0.3) is 0 Å². The number of benzene rings is 1. The van der Waals surface area contributed by atoms with Gasteiger partial charge in [-0.25, -0.2) is 4.79 Å². The molecule has 1 aromatic rings. The molecular formula is C20H22N4O5. The van der Waals surface area contributed by atoms with E-state index in [9.17, 15) is 24.4 Å². The summed E-state index contributed by atoms with van der Waals surface area (Å²) in [4.78, 5) is 49.7. The van der Waals surface area contributed by atoms with Crippen molar-refractivity contribution in [1.82, 2.24) is 15.5 Å². The van der Waals surface area contributed by atoms with Crippen molar-refractivity contribution in [3.05, 3.63) is 34.4 Å². The van der Waals surface area contributed by atoms with Gasteiger partial charge in [0, 0.05) is 30.6 Å². The van der Waals surface area contributed by atoms with Crippen LogP contribution < -0.4 is 10.6 Å². The molecule has 1 saturated heterocycles. The second-order valence-corrected chi connectivity index (χ2v) is 8.04. The molecule has 0 saturated carbocycles. The van der Waals surface area contributed by atoms with Crippen molar-refractivity contribution in [3.63, 3.8) is 0 Å². The maximum absolute atomic E-state index is 12.9. The van der Waals surface area contributed by atoms with Gasteiger partial charge in [-0.3, -0.25) is 19.7 Å². The van der Waals surface area contributed by atoms with Gasteiger partial charge in [-0.1, -0.05) is 0 Å². The minimum Gasteiger partial charge on any atom is -0.444 e. The van der Waals surface area contributed by atoms with E-state index in [-0.39, 0.29) is 37.7 Å². The number of hydrogen-bond acceptors (Lipinski definition) is 6. The molecule has 0 spiro atoms. The van der Waals surface area contributed by atoms with Gasteiger partial charge in [0.15, 0.2) is 0 Å². The van der Waals surface area contributed by atoms with E-state index in [1.54, 1.807) is 32.9 Å². The fraction of sp³-hybridized carbons (Fsp3) is 0.450. The van der Waals surface area contributed by atoms with Gasteiger partial charge in [0.25, 0.3) is 5.91 Å². The number of nitriles is 1. The zero-order valence-corrected chi connectivity index (χ0v) is 16.5. The standard InChI is InChI=1S/C20H22N4O5/c1-20(2,3)29-19(28)22-9-11-6-12(8-21)14-10-24(18(27)13(14)7-11)15-4-5-16(25)23-17(15)26/h6-7,15H,4-5,9-10H2,1-3H3,(H,22,28)(H,23,25,26). The average Bonchev–Trinajstić information content (AvgIpc) is 2.95. The van der Waals surface area contributed by atoms with Crippen molar-refractivity contribution in [1.29, 1.82) is 5.26 Å². The zero-order chi connectivity index (χ0) is 21.3. The highest BCUT2D eigenvalue weighted by molar-refractivity contribution is 6.05. The van der Waals surface area contributed by atoms with Crippen molar-refractivity contribution in [3.8, 4) is 6.07 Å². The van der Waals surface area contributed by atoms with Gasteiger partial charge >= 0.3 is 6.09 Å². The first-order chi connectivity index (χ1) is 13.6. The number of amides is 4. The van der Waals surface area contributed by atoms with Gasteiger partial charge in [0.2, 0.25) is 11.8 Å². The number of carbonyl (C=O) groups excluding carboxylic acids is 4. The van der Waals surface area contributed by atoms with Crippen LogP contribution in [0.2, 0.25) is 0 Å². The maximum Gasteiger partial charge on any atom is 0.407 e. The monoisotopic (exact) mass is 398 g/mol. The molecule has 152 valence electrons. The van der Waals surface area contributed by atoms with Crippen LogP contribution in [0.1, 0.15) is 60.7 Å². The summed E-state index contributed by atoms with van der Waals surface area (Å²) < 4.78 is 5.18. The molecule has 0 bridgehead atoms. The lowest BCUT2D eigenvalue weighted by Crippen LogP contribution is -2.52. The van der Waals surface area contributed by atoms with Gasteiger partial charge in [-0.2, -0.15) is 5.26 Å². The fourth-order valence-corrected chi connectivity index (χ4v) is 3.41. The van der Waals surface area contributed by atoms with E-state index in [4.69, 9.17) is 4.74 Å². The summed E-state index contributed by atoms with van der Waals surface area (Å²) in [5.41, 5.74) is 1.12. The highest BCUT2D eigenvalue weighted by Crippen LogP contribution is 2.30. The number of fused-ring (bicyclic) bond motifs is 1. The number of alkyl carbamates (subject to hydrolysis) is 1. The normalized spacial score (nSPS) is 18.8. The third-order valence-corrected chi connectivity index (χ3v) is 4.67. The number of nitrogens with one attached hydrogen (secondary N) is 2. The minimum atomic E-state index is -0.748. The minimum absolute atomic E-state index is 0.0859. The molecular weight excluding hydrogens is 376 g/mol. The van der Waals surface area contributed by atoms with Crippen molar-refractivity contribution < 1.29 is 23.9 Å². The van der Waals surface area contributed by atoms with Crippen LogP contribution in [0.15, 0.2) is 12.1 Å². The molecule has 1 unspecified atom stereocenters. The molecule has 29 heavy (non-hydrogen) atoms. The first kappa shape index (κ1) is 20.3. The zero-order valence-electron chi connectivity index (χ0n) is 16.5. The lowest BCUT2D eigenvalue weighted by molar-refractivity contribution is -0.136. The van der Waals surface area contributed by atoms with Crippen LogP contribution in [-0.4, -0.2) is 40.4 Å². The molecule has 2 N–H and O–H groups in total. The third-order valence-electron chi connectivity index (χ3n) is 4.67. The van der Waals surface area contributed by atoms with Crippen LogP contribution >= 0.6 is 0 Å². The van der Waals surface area contributed by atoms with Gasteiger partial charge in [0.05, 0.1) is 11.6 Å². The van der Waals surface area contributed by atoms with E-state index in [2.05, 4.69) is 16.7 Å². The van der Waals surface area contributed by atoms with E-state index in [1.807, 2.05) is 0 Å². The molecule has 9 nitrogen and oxygen atoms in total. The summed E-state index contributed by atoms with van der Waals surface area (Å²) in [6.45, 7) is 5.46. The Morgan fingerprint density at radius 2 is 2.07 bits per heavy atom. The van der Waals surface area contributed by atoms with Gasteiger partial charge in [-0.15, -0.1) is 0 Å². The lowest BCUT2D eigenvalue weighted by Gasteiger charge is -2.29. The summed E-state index contributed by atoms with van der Waals surface area (Å²) in [6.07, 6.45) is -0.195. The van der Waals surface area contributed by atoms with Gasteiger partial charge in [-0.05, 0) is 44.9 Å². The third kappa shape index (κ3) is 4.37. The van der Waals surface area contributed by atoms with Crippen LogP contribution in [0.3, 0.4) is 0 Å². The summed E-state index contributed by atoms with van der Waals surface area (Å²) in [5, 5.41) is 14.4. The number of ether oxygens (including phenoxy) is 1. The first-order valence-corrected chi connectivity index (χ1v) is 9.26. The molecule has 9 heteroatoms. The van der Waals surface area contributed by atoms with Crippen LogP contribution in [0.5, 0.6) is 0 Å². The van der Waals surface area contributed by atoms with Crippen molar-refractivity contribution in [2.24, 2.45) is 0 Å². The summed E-state index contributed by atoms with van der Waals surface area (Å²) in [5.74, 6) is -1.23. The Morgan fingerprint density at radius 3 is 2.69 bits per heavy atom. The number of imide groups is 1. The largest absolute Gasteiger partial charge is 0.444 e. The molecule has 0 aliphatic carbocycles. The average molecular weight is 398 g/mol. The maximum atomic E-state index is 12.9. The van der Waals surface area contributed by atoms with E-state index < -0.39 is 23.6 Å². The van der Waals surface area contributed by atoms with E-state index in [1.165, 1.54) is 4.90 Å². The molecule has 1 aromatic carbocycles. The number of piperidine rings is 1. The molecule has 3 rings (SSSR count). The highest BCUT2D eigenvalue weighted by Gasteiger charge is 2.40. The fourth-order valence-electron chi connectivity index (χ4n) is 3.41. The number of hydrogen-bond donors (Lipinski definition) is 2. The predicted molar refractivity (Wildman–Crippen MR) is 100 cm³/mol. The smallest absolute Gasteiger partial charge is 0.407 e. The Morgan fingerprint density at radius 1 is 1.34 bits per heavy atom. The van der Waals surface area contributed by atoms with E-state index in [0.717, 1.165) is 0 Å². The van der Waals surface area contributed by atoms with Gasteiger partial charge in [0.1, 0.15) is 11.6 Å². The number of rotatable bonds is 3. The summed E-state index contributed by atoms with van der Waals surface area (Å²) in [7, 11) is 0. The van der Waals surface area contributed by atoms with Crippen molar-refractivity contribution in [2.45, 2.75) is 58.3 Å². The van der Waals surface area contributed by atoms with E-state index in [0.29, 0.717) is 22.3 Å². The molecule has 4 amide bonds. The summed E-state index contributed by atoms with van der Waals surface area (Å²) >= 11 is 0. The Balaban J connectivity index is 1.79. The molecule has 1 atom stereocenters. The lowest BCUT2D eigenvalue weighted by atomic mass is 10.00. The Kier molecular flexibility index (Phi) is 5.29. The molecule has 2 heterocycles.